The van der Waals surface area contributed by atoms with Crippen molar-refractivity contribution < 1.29 is 29.1 Å². The van der Waals surface area contributed by atoms with Gasteiger partial charge in [-0.05, 0) is 66.3 Å². The molecule has 0 spiro atoms. The molecular formula is C47H35NO6. The molecule has 1 N–H and O–H groups in total. The number of fused-ring (bicyclic) bond motifs is 4. The summed E-state index contributed by atoms with van der Waals surface area (Å²) in [4.78, 5) is 73.4. The minimum absolute atomic E-state index is 0.0149. The van der Waals surface area contributed by atoms with Gasteiger partial charge in [0.25, 0.3) is 0 Å². The number of allylic oxidation sites excluding steroid dienone is 4. The van der Waals surface area contributed by atoms with E-state index in [1.54, 1.807) is 72.8 Å². The Hall–Kier alpha value is -6.47. The number of nitrogens with zero attached hydrogens (tertiary/aromatic N) is 1. The maximum absolute atomic E-state index is 15.1. The van der Waals surface area contributed by atoms with Crippen LogP contribution in [0.15, 0.2) is 157 Å². The molecule has 1 heterocycles. The second kappa shape index (κ2) is 12.9. The Kier molecular flexibility index (Phi) is 7.96. The van der Waals surface area contributed by atoms with Gasteiger partial charge in [0, 0.05) is 34.1 Å². The fraction of sp³-hybridized carbons (Fsp3) is 0.170. The van der Waals surface area contributed by atoms with Crippen LogP contribution in [0, 0.1) is 23.7 Å². The zero-order chi connectivity index (χ0) is 37.1. The van der Waals surface area contributed by atoms with Crippen molar-refractivity contribution in [3.05, 3.63) is 185 Å². The lowest BCUT2D eigenvalue weighted by Gasteiger charge is -2.55. The van der Waals surface area contributed by atoms with Crippen molar-refractivity contribution in [1.29, 1.82) is 0 Å². The number of Topliss-reactive ketones (excluding diaryl/α,β-unsaturated/α-hetero) is 1. The number of amides is 2. The molecule has 3 aliphatic carbocycles. The van der Waals surface area contributed by atoms with Crippen molar-refractivity contribution in [2.24, 2.45) is 23.7 Å². The van der Waals surface area contributed by atoms with Gasteiger partial charge in [-0.15, -0.1) is 0 Å². The Balaban J connectivity index is 1.17. The van der Waals surface area contributed by atoms with Gasteiger partial charge in [-0.2, -0.15) is 0 Å². The molecule has 7 heteroatoms. The summed E-state index contributed by atoms with van der Waals surface area (Å²) < 4.78 is 0. The lowest BCUT2D eigenvalue weighted by molar-refractivity contribution is -0.135. The van der Waals surface area contributed by atoms with Crippen LogP contribution in [0.1, 0.15) is 51.4 Å². The number of para-hydroxylation sites is 1. The van der Waals surface area contributed by atoms with Gasteiger partial charge in [0.05, 0.1) is 22.9 Å². The van der Waals surface area contributed by atoms with E-state index in [9.17, 15) is 19.5 Å². The molecule has 9 rings (SSSR count). The van der Waals surface area contributed by atoms with Crippen LogP contribution in [0.3, 0.4) is 0 Å². The molecule has 264 valence electrons. The van der Waals surface area contributed by atoms with E-state index in [1.165, 1.54) is 11.0 Å². The monoisotopic (exact) mass is 709 g/mol. The number of aromatic hydroxyl groups is 1. The number of rotatable bonds is 6. The van der Waals surface area contributed by atoms with Gasteiger partial charge in [-0.1, -0.05) is 121 Å². The summed E-state index contributed by atoms with van der Waals surface area (Å²) >= 11 is 0. The Morgan fingerprint density at radius 1 is 0.667 bits per heavy atom. The van der Waals surface area contributed by atoms with Gasteiger partial charge in [0.1, 0.15) is 5.75 Å². The molecule has 1 saturated heterocycles. The van der Waals surface area contributed by atoms with Crippen molar-refractivity contribution >= 4 is 40.4 Å². The zero-order valence-corrected chi connectivity index (χ0v) is 29.2. The number of phenols is 1. The first-order valence-corrected chi connectivity index (χ1v) is 18.3. The van der Waals surface area contributed by atoms with Crippen molar-refractivity contribution in [3.63, 3.8) is 0 Å². The fourth-order valence-corrected chi connectivity index (χ4v) is 9.72. The van der Waals surface area contributed by atoms with Gasteiger partial charge in [0.15, 0.2) is 17.3 Å². The Morgan fingerprint density at radius 2 is 1.28 bits per heavy atom. The molecule has 5 aromatic carbocycles. The van der Waals surface area contributed by atoms with E-state index in [4.69, 9.17) is 0 Å². The van der Waals surface area contributed by atoms with Crippen LogP contribution >= 0.6 is 0 Å². The predicted molar refractivity (Wildman–Crippen MR) is 203 cm³/mol. The highest BCUT2D eigenvalue weighted by atomic mass is 16.3. The summed E-state index contributed by atoms with van der Waals surface area (Å²) in [6.45, 7) is 0. The Bertz CT molecular complexity index is 2420. The van der Waals surface area contributed by atoms with E-state index in [1.807, 2.05) is 72.8 Å². The molecular weight excluding hydrogens is 675 g/mol. The Morgan fingerprint density at radius 3 is 1.96 bits per heavy atom. The number of hydrogen-bond acceptors (Lipinski definition) is 6. The van der Waals surface area contributed by atoms with Crippen LogP contribution in [-0.4, -0.2) is 34.3 Å². The third-order valence-corrected chi connectivity index (χ3v) is 12.0. The summed E-state index contributed by atoms with van der Waals surface area (Å²) in [5.41, 5.74) is 2.79. The highest BCUT2D eigenvalue weighted by molar-refractivity contribution is 6.32. The Labute approximate surface area is 312 Å². The summed E-state index contributed by atoms with van der Waals surface area (Å²) in [5.74, 6) is -5.08. The second-order valence-electron chi connectivity index (χ2n) is 14.6. The molecule has 0 aromatic heterocycles. The van der Waals surface area contributed by atoms with Gasteiger partial charge in [-0.3, -0.25) is 28.9 Å². The lowest BCUT2D eigenvalue weighted by atomic mass is 9.44. The molecule has 4 aliphatic rings. The van der Waals surface area contributed by atoms with Crippen molar-refractivity contribution in [2.45, 2.75) is 24.2 Å². The molecule has 1 aliphatic heterocycles. The molecule has 2 amide bonds. The van der Waals surface area contributed by atoms with Crippen LogP contribution in [0.4, 0.5) is 5.69 Å². The first-order chi connectivity index (χ1) is 26.3. The number of benzene rings is 5. The zero-order valence-electron chi connectivity index (χ0n) is 29.2. The van der Waals surface area contributed by atoms with Gasteiger partial charge in [-0.25, -0.2) is 0 Å². The third-order valence-electron chi connectivity index (χ3n) is 12.0. The molecule has 0 bridgehead atoms. The second-order valence-corrected chi connectivity index (χ2v) is 14.6. The van der Waals surface area contributed by atoms with Crippen LogP contribution in [-0.2, 0) is 24.6 Å². The van der Waals surface area contributed by atoms with E-state index < -0.39 is 35.0 Å². The number of hydrogen-bond donors (Lipinski definition) is 1. The first-order valence-electron chi connectivity index (χ1n) is 18.3. The SMILES string of the molecule is O=C(c1ccccc1)c1ccc(N2C(=O)C3CC=C4C(CC5C(=O)C(c6ccccc6)=CC(=O)C5(c5ccccc5)C4c4ccccc4O)C3C2=O)cc1. The molecule has 6 unspecified atom stereocenters. The van der Waals surface area contributed by atoms with E-state index >= 15 is 9.59 Å². The summed E-state index contributed by atoms with van der Waals surface area (Å²) in [6.07, 6.45) is 3.88. The maximum atomic E-state index is 15.1. The average Bonchev–Trinajstić information content (AvgIpc) is 3.48. The number of ketones is 3. The van der Waals surface area contributed by atoms with Crippen molar-refractivity contribution in [1.82, 2.24) is 0 Å². The normalized spacial score (nSPS) is 26.0. The molecule has 6 atom stereocenters. The molecule has 2 fully saturated rings. The van der Waals surface area contributed by atoms with E-state index in [0.29, 0.717) is 39.1 Å². The smallest absolute Gasteiger partial charge is 0.238 e. The highest BCUT2D eigenvalue weighted by Gasteiger charge is 2.66. The standard InChI is InChI=1S/C47H35NO6/c49-39-19-11-10-18-34(39)42-33-24-25-35-41(46(54)48(45(35)53)32-22-20-30(21-23-32)43(51)29-14-6-2-7-15-29)37(33)26-38-44(52)36(28-12-4-1-5-13-28)27-40(50)47(38,42)31-16-8-3-9-17-31/h1-24,27,35,37-38,41-42,49H,25-26H2. The minimum atomic E-state index is -1.42. The van der Waals surface area contributed by atoms with Crippen molar-refractivity contribution in [3.8, 4) is 5.75 Å². The number of carbonyl (C=O) groups is 5. The first kappa shape index (κ1) is 33.4. The van der Waals surface area contributed by atoms with Crippen LogP contribution in [0.25, 0.3) is 5.57 Å². The van der Waals surface area contributed by atoms with E-state index in [-0.39, 0.29) is 47.8 Å². The van der Waals surface area contributed by atoms with Crippen LogP contribution in [0.2, 0.25) is 0 Å². The number of phenolic OH excluding ortho intramolecular Hbond substituents is 1. The van der Waals surface area contributed by atoms with Crippen molar-refractivity contribution in [2.75, 3.05) is 4.90 Å². The molecule has 54 heavy (non-hydrogen) atoms. The van der Waals surface area contributed by atoms with E-state index in [0.717, 1.165) is 5.57 Å². The third kappa shape index (κ3) is 4.92. The lowest BCUT2D eigenvalue weighted by Crippen LogP contribution is -2.58. The largest absolute Gasteiger partial charge is 0.508 e. The van der Waals surface area contributed by atoms with Gasteiger partial charge in [0.2, 0.25) is 11.8 Å². The topological polar surface area (TPSA) is 109 Å². The minimum Gasteiger partial charge on any atom is -0.508 e. The number of imide groups is 1. The predicted octanol–water partition coefficient (Wildman–Crippen LogP) is 7.65. The maximum Gasteiger partial charge on any atom is 0.238 e. The molecule has 5 aromatic rings. The molecule has 0 radical (unpaired) electrons. The number of carbonyl (C=O) groups excluding carboxylic acids is 5. The van der Waals surface area contributed by atoms with Crippen LogP contribution < -0.4 is 4.90 Å². The van der Waals surface area contributed by atoms with E-state index in [2.05, 4.69) is 0 Å². The van der Waals surface area contributed by atoms with Crippen LogP contribution in [0.5, 0.6) is 5.75 Å². The molecule has 7 nitrogen and oxygen atoms in total. The highest BCUT2D eigenvalue weighted by Crippen LogP contribution is 2.64. The average molecular weight is 710 g/mol. The van der Waals surface area contributed by atoms with Gasteiger partial charge >= 0.3 is 0 Å². The number of anilines is 1. The van der Waals surface area contributed by atoms with Gasteiger partial charge < -0.3 is 5.11 Å². The summed E-state index contributed by atoms with van der Waals surface area (Å²) in [7, 11) is 0. The molecule has 1 saturated carbocycles. The fourth-order valence-electron chi connectivity index (χ4n) is 9.72. The quantitative estimate of drug-likeness (QED) is 0.110. The summed E-state index contributed by atoms with van der Waals surface area (Å²) in [5, 5.41) is 11.5. The summed E-state index contributed by atoms with van der Waals surface area (Å²) in [6, 6.07) is 40.7.